The summed E-state index contributed by atoms with van der Waals surface area (Å²) in [7, 11) is 0. The number of aryl methyl sites for hydroxylation is 1. The largest absolute Gasteiger partial charge is 0.481 e. The average molecular weight is 318 g/mol. The Labute approximate surface area is 135 Å². The third kappa shape index (κ3) is 5.48. The Morgan fingerprint density at radius 2 is 2.23 bits per heavy atom. The van der Waals surface area contributed by atoms with E-state index in [1.807, 2.05) is 30.5 Å². The average Bonchev–Trinajstić information content (AvgIpc) is 2.90. The summed E-state index contributed by atoms with van der Waals surface area (Å²) in [5.41, 5.74) is 2.05. The standard InChI is InChI=1S/C17H22N2O2S/c1-12(2)8-16-19-11-15(22-16)10-18-14-5-3-4-13(9-14)6-7-17(20)21/h3-5,9,11-12,18H,6-8,10H2,1-2H3,(H,20,21). The maximum atomic E-state index is 10.6. The van der Waals surface area contributed by atoms with Crippen LogP contribution in [0.5, 0.6) is 0 Å². The van der Waals surface area contributed by atoms with Crippen molar-refractivity contribution >= 4 is 23.0 Å². The van der Waals surface area contributed by atoms with Crippen LogP contribution in [0.4, 0.5) is 5.69 Å². The number of aliphatic carboxylic acids is 1. The van der Waals surface area contributed by atoms with Crippen LogP contribution >= 0.6 is 11.3 Å². The molecule has 22 heavy (non-hydrogen) atoms. The Hall–Kier alpha value is -1.88. The normalized spacial score (nSPS) is 10.9. The first-order chi connectivity index (χ1) is 10.5. The van der Waals surface area contributed by atoms with E-state index in [0.717, 1.165) is 24.2 Å². The van der Waals surface area contributed by atoms with E-state index in [1.54, 1.807) is 11.3 Å². The lowest BCUT2D eigenvalue weighted by molar-refractivity contribution is -0.136. The molecule has 0 spiro atoms. The number of thiazole rings is 1. The molecule has 1 heterocycles. The van der Waals surface area contributed by atoms with Gasteiger partial charge in [0.15, 0.2) is 0 Å². The number of benzene rings is 1. The number of rotatable bonds is 8. The molecule has 2 N–H and O–H groups in total. The molecule has 0 amide bonds. The van der Waals surface area contributed by atoms with Crippen LogP contribution < -0.4 is 5.32 Å². The number of carboxylic acids is 1. The number of hydrogen-bond acceptors (Lipinski definition) is 4. The van der Waals surface area contributed by atoms with Crippen LogP contribution in [-0.2, 0) is 24.2 Å². The van der Waals surface area contributed by atoms with Crippen LogP contribution in [-0.4, -0.2) is 16.1 Å². The second kappa shape index (κ2) is 7.94. The number of carboxylic acid groups (broad SMARTS) is 1. The zero-order chi connectivity index (χ0) is 15.9. The molecule has 0 saturated heterocycles. The van der Waals surface area contributed by atoms with Gasteiger partial charge in [-0.3, -0.25) is 4.79 Å². The molecule has 0 saturated carbocycles. The maximum absolute atomic E-state index is 10.6. The Morgan fingerprint density at radius 1 is 1.41 bits per heavy atom. The van der Waals surface area contributed by atoms with Crippen LogP contribution in [0.25, 0.3) is 0 Å². The van der Waals surface area contributed by atoms with Gasteiger partial charge in [0.1, 0.15) is 0 Å². The van der Waals surface area contributed by atoms with Gasteiger partial charge in [0.25, 0.3) is 0 Å². The molecule has 0 bridgehead atoms. The van der Waals surface area contributed by atoms with Crippen LogP contribution in [0.3, 0.4) is 0 Å². The van der Waals surface area contributed by atoms with Gasteiger partial charge in [0.05, 0.1) is 11.6 Å². The van der Waals surface area contributed by atoms with Gasteiger partial charge in [-0.25, -0.2) is 4.98 Å². The lowest BCUT2D eigenvalue weighted by Gasteiger charge is -2.07. The Morgan fingerprint density at radius 3 is 2.95 bits per heavy atom. The molecule has 2 aromatic rings. The summed E-state index contributed by atoms with van der Waals surface area (Å²) in [6.45, 7) is 5.14. The van der Waals surface area contributed by atoms with Gasteiger partial charge in [0.2, 0.25) is 0 Å². The molecule has 2 rings (SSSR count). The molecule has 0 aliphatic rings. The zero-order valence-electron chi connectivity index (χ0n) is 13.0. The topological polar surface area (TPSA) is 62.2 Å². The van der Waals surface area contributed by atoms with Crippen molar-refractivity contribution in [3.05, 3.63) is 45.9 Å². The third-order valence-corrected chi connectivity index (χ3v) is 4.23. The monoisotopic (exact) mass is 318 g/mol. The molecule has 0 unspecified atom stereocenters. The van der Waals surface area contributed by atoms with Gasteiger partial charge in [-0.15, -0.1) is 11.3 Å². The molecule has 1 aromatic carbocycles. The number of aromatic nitrogens is 1. The fourth-order valence-corrected chi connectivity index (χ4v) is 3.23. The minimum atomic E-state index is -0.763. The van der Waals surface area contributed by atoms with E-state index in [9.17, 15) is 4.79 Å². The lowest BCUT2D eigenvalue weighted by atomic mass is 10.1. The van der Waals surface area contributed by atoms with E-state index in [1.165, 1.54) is 9.88 Å². The molecule has 0 aliphatic heterocycles. The van der Waals surface area contributed by atoms with Crippen LogP contribution in [0.1, 0.15) is 35.7 Å². The molecule has 0 aliphatic carbocycles. The van der Waals surface area contributed by atoms with Crippen molar-refractivity contribution in [2.24, 2.45) is 5.92 Å². The van der Waals surface area contributed by atoms with Gasteiger partial charge < -0.3 is 10.4 Å². The molecule has 118 valence electrons. The van der Waals surface area contributed by atoms with Crippen LogP contribution in [0.2, 0.25) is 0 Å². The number of carbonyl (C=O) groups is 1. The Kier molecular flexibility index (Phi) is 5.95. The summed E-state index contributed by atoms with van der Waals surface area (Å²) in [5.74, 6) is -0.140. The van der Waals surface area contributed by atoms with E-state index < -0.39 is 5.97 Å². The molecular formula is C17H22N2O2S. The van der Waals surface area contributed by atoms with Crippen molar-refractivity contribution in [3.63, 3.8) is 0 Å². The van der Waals surface area contributed by atoms with Crippen molar-refractivity contribution in [1.29, 1.82) is 0 Å². The predicted molar refractivity (Wildman–Crippen MR) is 90.4 cm³/mol. The van der Waals surface area contributed by atoms with Crippen molar-refractivity contribution in [1.82, 2.24) is 4.98 Å². The van der Waals surface area contributed by atoms with Crippen LogP contribution in [0.15, 0.2) is 30.5 Å². The van der Waals surface area contributed by atoms with Gasteiger partial charge in [-0.2, -0.15) is 0 Å². The summed E-state index contributed by atoms with van der Waals surface area (Å²) in [6.07, 6.45) is 3.68. The summed E-state index contributed by atoms with van der Waals surface area (Å²) >= 11 is 1.75. The molecule has 0 atom stereocenters. The van der Waals surface area contributed by atoms with Crippen molar-refractivity contribution in [3.8, 4) is 0 Å². The maximum Gasteiger partial charge on any atom is 0.303 e. The highest BCUT2D eigenvalue weighted by molar-refractivity contribution is 7.11. The first-order valence-electron chi connectivity index (χ1n) is 7.51. The minimum Gasteiger partial charge on any atom is -0.481 e. The second-order valence-corrected chi connectivity index (χ2v) is 6.97. The molecule has 0 radical (unpaired) electrons. The molecule has 5 heteroatoms. The number of hydrogen-bond donors (Lipinski definition) is 2. The van der Waals surface area contributed by atoms with E-state index in [4.69, 9.17) is 5.11 Å². The highest BCUT2D eigenvalue weighted by Crippen LogP contribution is 2.19. The first kappa shape index (κ1) is 16.5. The van der Waals surface area contributed by atoms with E-state index >= 15 is 0 Å². The number of nitrogens with zero attached hydrogens (tertiary/aromatic N) is 1. The lowest BCUT2D eigenvalue weighted by Crippen LogP contribution is -2.00. The molecule has 0 fully saturated rings. The van der Waals surface area contributed by atoms with Crippen LogP contribution in [0, 0.1) is 5.92 Å². The molecular weight excluding hydrogens is 296 g/mol. The van der Waals surface area contributed by atoms with Gasteiger partial charge in [-0.05, 0) is 30.0 Å². The first-order valence-corrected chi connectivity index (χ1v) is 8.33. The van der Waals surface area contributed by atoms with E-state index in [0.29, 0.717) is 12.3 Å². The molecule has 1 aromatic heterocycles. The van der Waals surface area contributed by atoms with Crippen molar-refractivity contribution in [2.75, 3.05) is 5.32 Å². The number of anilines is 1. The SMILES string of the molecule is CC(C)Cc1ncc(CNc2cccc(CCC(=O)O)c2)s1. The Bertz CT molecular complexity index is 623. The summed E-state index contributed by atoms with van der Waals surface area (Å²) in [5, 5.41) is 13.3. The highest BCUT2D eigenvalue weighted by atomic mass is 32.1. The predicted octanol–water partition coefficient (Wildman–Crippen LogP) is 3.97. The Balaban J connectivity index is 1.89. The minimum absolute atomic E-state index is 0.164. The highest BCUT2D eigenvalue weighted by Gasteiger charge is 2.05. The summed E-state index contributed by atoms with van der Waals surface area (Å²) in [4.78, 5) is 16.3. The van der Waals surface area contributed by atoms with E-state index in [2.05, 4.69) is 24.1 Å². The van der Waals surface area contributed by atoms with Gasteiger partial charge >= 0.3 is 5.97 Å². The second-order valence-electron chi connectivity index (χ2n) is 5.77. The van der Waals surface area contributed by atoms with E-state index in [-0.39, 0.29) is 6.42 Å². The van der Waals surface area contributed by atoms with Gasteiger partial charge in [-0.1, -0.05) is 26.0 Å². The van der Waals surface area contributed by atoms with Crippen molar-refractivity contribution in [2.45, 2.75) is 39.7 Å². The third-order valence-electron chi connectivity index (χ3n) is 3.21. The fraction of sp³-hybridized carbons (Fsp3) is 0.412. The smallest absolute Gasteiger partial charge is 0.303 e. The zero-order valence-corrected chi connectivity index (χ0v) is 13.8. The molecule has 4 nitrogen and oxygen atoms in total. The van der Waals surface area contributed by atoms with Gasteiger partial charge in [0, 0.05) is 29.6 Å². The fourth-order valence-electron chi connectivity index (χ4n) is 2.15. The quantitative estimate of drug-likeness (QED) is 0.773. The number of nitrogens with one attached hydrogen (secondary N) is 1. The summed E-state index contributed by atoms with van der Waals surface area (Å²) < 4.78 is 0. The van der Waals surface area contributed by atoms with Crippen molar-refractivity contribution < 1.29 is 9.90 Å². The summed E-state index contributed by atoms with van der Waals surface area (Å²) in [6, 6.07) is 7.93.